The summed E-state index contributed by atoms with van der Waals surface area (Å²) >= 11 is 0. The summed E-state index contributed by atoms with van der Waals surface area (Å²) in [5.74, 6) is 1.11. The molecule has 1 unspecified atom stereocenters. The molecule has 0 saturated carbocycles. The molecule has 1 fully saturated rings. The molecule has 0 aliphatic carbocycles. The molecule has 0 spiro atoms. The van der Waals surface area contributed by atoms with Crippen LogP contribution in [0.2, 0.25) is 0 Å². The van der Waals surface area contributed by atoms with Gasteiger partial charge in [-0.1, -0.05) is 40.5 Å². The predicted octanol–water partition coefficient (Wildman–Crippen LogP) is 3.91. The third kappa shape index (κ3) is 3.25. The number of hydrogen-bond donors (Lipinski definition) is 0. The van der Waals surface area contributed by atoms with Crippen LogP contribution in [-0.2, 0) is 9.78 Å². The zero-order chi connectivity index (χ0) is 10.6. The van der Waals surface area contributed by atoms with E-state index in [0.29, 0.717) is 5.92 Å². The van der Waals surface area contributed by atoms with Crippen molar-refractivity contribution in [2.45, 2.75) is 65.6 Å². The summed E-state index contributed by atoms with van der Waals surface area (Å²) in [5, 5.41) is 0. The summed E-state index contributed by atoms with van der Waals surface area (Å²) in [6.07, 6.45) is 5.95. The Balaban J connectivity index is 2.24. The molecule has 2 nitrogen and oxygen atoms in total. The smallest absolute Gasteiger partial charge is 0.195 e. The maximum Gasteiger partial charge on any atom is 0.236 e. The van der Waals surface area contributed by atoms with Gasteiger partial charge in [0.05, 0.1) is 0 Å². The van der Waals surface area contributed by atoms with Gasteiger partial charge in [0.2, 0.25) is 5.79 Å². The molecule has 1 rings (SSSR count). The summed E-state index contributed by atoms with van der Waals surface area (Å²) in [4.78, 5) is 10.4. The monoisotopic (exact) mass is 200 g/mol. The fourth-order valence-corrected chi connectivity index (χ4v) is 1.77. The van der Waals surface area contributed by atoms with Crippen molar-refractivity contribution in [2.75, 3.05) is 0 Å². The lowest BCUT2D eigenvalue weighted by Crippen LogP contribution is -2.21. The molecular formula is C12H24O2. The van der Waals surface area contributed by atoms with Crippen LogP contribution in [0, 0.1) is 11.8 Å². The number of unbranched alkanes of at least 4 members (excludes halogenated alkanes) is 1. The lowest BCUT2D eigenvalue weighted by Gasteiger charge is -2.16. The van der Waals surface area contributed by atoms with E-state index in [0.717, 1.165) is 12.3 Å². The Hall–Kier alpha value is -0.0800. The molecule has 14 heavy (non-hydrogen) atoms. The lowest BCUT2D eigenvalue weighted by atomic mass is 9.90. The van der Waals surface area contributed by atoms with E-state index in [1.165, 1.54) is 25.7 Å². The van der Waals surface area contributed by atoms with Crippen molar-refractivity contribution in [3.8, 4) is 0 Å². The average molecular weight is 200 g/mol. The van der Waals surface area contributed by atoms with Crippen LogP contribution < -0.4 is 0 Å². The third-order valence-corrected chi connectivity index (χ3v) is 3.10. The molecule has 0 amide bonds. The molecule has 0 aromatic carbocycles. The van der Waals surface area contributed by atoms with E-state index in [4.69, 9.17) is 9.78 Å². The zero-order valence-corrected chi connectivity index (χ0v) is 10.0. The largest absolute Gasteiger partial charge is 0.236 e. The SMILES string of the molecule is CCCCC1(C(C)CCC(C)C)OO1. The van der Waals surface area contributed by atoms with Crippen molar-refractivity contribution in [2.24, 2.45) is 11.8 Å². The molecule has 0 radical (unpaired) electrons. The summed E-state index contributed by atoms with van der Waals surface area (Å²) in [5.41, 5.74) is 0. The molecule has 1 heterocycles. The van der Waals surface area contributed by atoms with E-state index >= 15 is 0 Å². The molecule has 2 heteroatoms. The van der Waals surface area contributed by atoms with Gasteiger partial charge in [-0.3, -0.25) is 0 Å². The topological polar surface area (TPSA) is 25.1 Å². The molecule has 0 aromatic rings. The molecule has 0 bridgehead atoms. The molecule has 0 N–H and O–H groups in total. The van der Waals surface area contributed by atoms with Crippen molar-refractivity contribution in [3.63, 3.8) is 0 Å². The van der Waals surface area contributed by atoms with Gasteiger partial charge in [0.25, 0.3) is 0 Å². The van der Waals surface area contributed by atoms with Crippen LogP contribution in [-0.4, -0.2) is 5.79 Å². The van der Waals surface area contributed by atoms with Crippen LogP contribution in [0.5, 0.6) is 0 Å². The van der Waals surface area contributed by atoms with E-state index in [2.05, 4.69) is 27.7 Å². The lowest BCUT2D eigenvalue weighted by molar-refractivity contribution is 0.0850. The minimum absolute atomic E-state index is 0.203. The Labute approximate surface area is 87.9 Å². The van der Waals surface area contributed by atoms with Crippen LogP contribution in [0.25, 0.3) is 0 Å². The summed E-state index contributed by atoms with van der Waals surface area (Å²) in [7, 11) is 0. The third-order valence-electron chi connectivity index (χ3n) is 3.10. The van der Waals surface area contributed by atoms with E-state index in [9.17, 15) is 0 Å². The fourth-order valence-electron chi connectivity index (χ4n) is 1.77. The van der Waals surface area contributed by atoms with Gasteiger partial charge in [0, 0.05) is 12.3 Å². The summed E-state index contributed by atoms with van der Waals surface area (Å²) in [6, 6.07) is 0. The minimum atomic E-state index is -0.203. The maximum absolute atomic E-state index is 5.19. The molecule has 1 aliphatic rings. The first-order chi connectivity index (χ1) is 6.60. The average Bonchev–Trinajstić information content (AvgIpc) is 2.92. The second-order valence-corrected chi connectivity index (χ2v) is 4.95. The van der Waals surface area contributed by atoms with Gasteiger partial charge >= 0.3 is 0 Å². The van der Waals surface area contributed by atoms with Gasteiger partial charge in [-0.15, -0.1) is 0 Å². The van der Waals surface area contributed by atoms with E-state index in [1.54, 1.807) is 0 Å². The molecule has 1 saturated heterocycles. The number of rotatable bonds is 7. The van der Waals surface area contributed by atoms with Crippen LogP contribution >= 0.6 is 0 Å². The fraction of sp³-hybridized carbons (Fsp3) is 1.00. The van der Waals surface area contributed by atoms with Gasteiger partial charge < -0.3 is 0 Å². The van der Waals surface area contributed by atoms with Gasteiger partial charge in [-0.25, -0.2) is 0 Å². The first kappa shape index (κ1) is 12.0. The summed E-state index contributed by atoms with van der Waals surface area (Å²) in [6.45, 7) is 8.97. The van der Waals surface area contributed by atoms with E-state index in [-0.39, 0.29) is 5.79 Å². The molecule has 1 aliphatic heterocycles. The Morgan fingerprint density at radius 3 is 2.14 bits per heavy atom. The Bertz CT molecular complexity index is 162. The first-order valence-electron chi connectivity index (χ1n) is 5.97. The van der Waals surface area contributed by atoms with Gasteiger partial charge in [-0.2, -0.15) is 9.78 Å². The van der Waals surface area contributed by atoms with Crippen molar-refractivity contribution in [1.82, 2.24) is 0 Å². The number of hydrogen-bond acceptors (Lipinski definition) is 2. The highest BCUT2D eigenvalue weighted by atomic mass is 17.4. The van der Waals surface area contributed by atoms with Crippen molar-refractivity contribution in [1.29, 1.82) is 0 Å². The predicted molar refractivity (Wildman–Crippen MR) is 57.7 cm³/mol. The molecule has 1 atom stereocenters. The van der Waals surface area contributed by atoms with Crippen molar-refractivity contribution < 1.29 is 9.78 Å². The van der Waals surface area contributed by atoms with E-state index in [1.807, 2.05) is 0 Å². The van der Waals surface area contributed by atoms with Crippen LogP contribution in [0.1, 0.15) is 59.8 Å². The molecular weight excluding hydrogens is 176 g/mol. The maximum atomic E-state index is 5.19. The van der Waals surface area contributed by atoms with Crippen molar-refractivity contribution >= 4 is 0 Å². The molecule has 0 aromatic heterocycles. The highest BCUT2D eigenvalue weighted by Gasteiger charge is 2.52. The highest BCUT2D eigenvalue weighted by molar-refractivity contribution is 4.80. The first-order valence-corrected chi connectivity index (χ1v) is 5.97. The second kappa shape index (κ2) is 5.13. The zero-order valence-electron chi connectivity index (χ0n) is 10.0. The normalized spacial score (nSPS) is 21.2. The van der Waals surface area contributed by atoms with Gasteiger partial charge in [-0.05, 0) is 18.8 Å². The highest BCUT2D eigenvalue weighted by Crippen LogP contribution is 2.44. The van der Waals surface area contributed by atoms with Crippen LogP contribution in [0.15, 0.2) is 0 Å². The Morgan fingerprint density at radius 1 is 1.07 bits per heavy atom. The quantitative estimate of drug-likeness (QED) is 0.460. The Kier molecular flexibility index (Phi) is 4.39. The second-order valence-electron chi connectivity index (χ2n) is 4.95. The Morgan fingerprint density at radius 2 is 1.71 bits per heavy atom. The van der Waals surface area contributed by atoms with Crippen LogP contribution in [0.3, 0.4) is 0 Å². The standard InChI is InChI=1S/C12H24O2/c1-5-6-9-12(13-14-12)11(4)8-7-10(2)3/h10-11H,5-9H2,1-4H3. The molecule has 84 valence electrons. The van der Waals surface area contributed by atoms with Gasteiger partial charge in [0.1, 0.15) is 0 Å². The summed E-state index contributed by atoms with van der Waals surface area (Å²) < 4.78 is 0. The van der Waals surface area contributed by atoms with E-state index < -0.39 is 0 Å². The minimum Gasteiger partial charge on any atom is -0.195 e. The van der Waals surface area contributed by atoms with Gasteiger partial charge in [0.15, 0.2) is 0 Å². The van der Waals surface area contributed by atoms with Crippen LogP contribution in [0.4, 0.5) is 0 Å². The van der Waals surface area contributed by atoms with Crippen molar-refractivity contribution in [3.05, 3.63) is 0 Å².